The Hall–Kier alpha value is -1.80. The minimum absolute atomic E-state index is 0.0601. The molecule has 1 aliphatic rings. The molecule has 8 heteroatoms. The molecule has 7 nitrogen and oxygen atoms in total. The fourth-order valence-electron chi connectivity index (χ4n) is 3.37. The average molecular weight is 399 g/mol. The first kappa shape index (κ1) is 21.5. The van der Waals surface area contributed by atoms with Gasteiger partial charge in [-0.05, 0) is 43.9 Å². The first-order valence-electron chi connectivity index (χ1n) is 9.36. The van der Waals surface area contributed by atoms with Gasteiger partial charge in [0.15, 0.2) is 11.5 Å². The molecule has 1 N–H and O–H groups in total. The van der Waals surface area contributed by atoms with Gasteiger partial charge in [-0.1, -0.05) is 13.0 Å². The van der Waals surface area contributed by atoms with Crippen molar-refractivity contribution in [2.24, 2.45) is 5.92 Å². The van der Waals surface area contributed by atoms with Crippen molar-refractivity contribution < 1.29 is 22.7 Å². The van der Waals surface area contributed by atoms with E-state index < -0.39 is 10.0 Å². The molecule has 1 amide bonds. The molecule has 1 fully saturated rings. The molecular weight excluding hydrogens is 368 g/mol. The Balaban J connectivity index is 2.10. The summed E-state index contributed by atoms with van der Waals surface area (Å²) in [6.45, 7) is 4.37. The molecule has 1 saturated heterocycles. The van der Waals surface area contributed by atoms with E-state index in [1.807, 2.05) is 25.1 Å². The molecule has 2 atom stereocenters. The van der Waals surface area contributed by atoms with E-state index >= 15 is 0 Å². The van der Waals surface area contributed by atoms with E-state index in [9.17, 15) is 13.2 Å². The van der Waals surface area contributed by atoms with Crippen LogP contribution in [0.3, 0.4) is 0 Å². The zero-order chi connectivity index (χ0) is 20.0. The van der Waals surface area contributed by atoms with Crippen LogP contribution in [0, 0.1) is 5.92 Å². The van der Waals surface area contributed by atoms with E-state index in [0.29, 0.717) is 37.3 Å². The summed E-state index contributed by atoms with van der Waals surface area (Å²) in [4.78, 5) is 12.8. The maximum atomic E-state index is 12.8. The lowest BCUT2D eigenvalue weighted by Crippen LogP contribution is -2.46. The van der Waals surface area contributed by atoms with Crippen LogP contribution in [-0.2, 0) is 14.8 Å². The number of benzene rings is 1. The summed E-state index contributed by atoms with van der Waals surface area (Å²) < 4.78 is 36.3. The normalized spacial score (nSPS) is 19.3. The quantitative estimate of drug-likeness (QED) is 0.726. The summed E-state index contributed by atoms with van der Waals surface area (Å²) in [6, 6.07) is 5.42. The molecule has 0 spiro atoms. The van der Waals surface area contributed by atoms with Crippen LogP contribution in [0.25, 0.3) is 0 Å². The minimum atomic E-state index is -3.27. The van der Waals surface area contributed by atoms with E-state index in [2.05, 4.69) is 5.32 Å². The van der Waals surface area contributed by atoms with Crippen LogP contribution in [0.1, 0.15) is 44.7 Å². The fourth-order valence-corrected chi connectivity index (χ4v) is 4.55. The highest BCUT2D eigenvalue weighted by molar-refractivity contribution is 7.89. The molecule has 1 aromatic carbocycles. The standard InChI is InChI=1S/C19H30N2O5S/c1-5-16(14-9-10-17(25-3)18(12-14)26-4)20-19(22)15-8-7-11-21(13-15)27(23,24)6-2/h9-10,12,15-16H,5-8,11,13H2,1-4H3,(H,20,22)/t15-,16-/m1/s1. The van der Waals surface area contributed by atoms with Crippen molar-refractivity contribution >= 4 is 15.9 Å². The molecule has 0 aromatic heterocycles. The molecular formula is C19H30N2O5S. The predicted octanol–water partition coefficient (Wildman–Crippen LogP) is 2.33. The van der Waals surface area contributed by atoms with Gasteiger partial charge in [-0.15, -0.1) is 0 Å². The third-order valence-corrected chi connectivity index (χ3v) is 6.90. The molecule has 1 heterocycles. The van der Waals surface area contributed by atoms with Gasteiger partial charge >= 0.3 is 0 Å². The maximum absolute atomic E-state index is 12.8. The highest BCUT2D eigenvalue weighted by Gasteiger charge is 2.32. The summed E-state index contributed by atoms with van der Waals surface area (Å²) in [5.41, 5.74) is 0.928. The van der Waals surface area contributed by atoms with Gasteiger partial charge in [-0.2, -0.15) is 0 Å². The van der Waals surface area contributed by atoms with E-state index in [-0.39, 0.29) is 30.2 Å². The van der Waals surface area contributed by atoms with Gasteiger partial charge in [0.1, 0.15) is 0 Å². The van der Waals surface area contributed by atoms with Gasteiger partial charge in [0.05, 0.1) is 31.9 Å². The second kappa shape index (κ2) is 9.41. The van der Waals surface area contributed by atoms with E-state index in [4.69, 9.17) is 9.47 Å². The number of sulfonamides is 1. The number of nitrogens with one attached hydrogen (secondary N) is 1. The van der Waals surface area contributed by atoms with Gasteiger partial charge in [-0.25, -0.2) is 12.7 Å². The van der Waals surface area contributed by atoms with E-state index in [1.165, 1.54) is 4.31 Å². The monoisotopic (exact) mass is 398 g/mol. The molecule has 0 bridgehead atoms. The molecule has 1 aromatic rings. The molecule has 0 radical (unpaired) electrons. The largest absolute Gasteiger partial charge is 0.493 e. The van der Waals surface area contributed by atoms with Crippen molar-refractivity contribution in [3.63, 3.8) is 0 Å². The molecule has 2 rings (SSSR count). The van der Waals surface area contributed by atoms with Crippen molar-refractivity contribution in [2.75, 3.05) is 33.1 Å². The summed E-state index contributed by atoms with van der Waals surface area (Å²) in [5, 5.41) is 3.07. The van der Waals surface area contributed by atoms with Crippen molar-refractivity contribution in [1.82, 2.24) is 9.62 Å². The number of ether oxygens (including phenoxy) is 2. The summed E-state index contributed by atoms with van der Waals surface area (Å²) in [5.74, 6) is 0.877. The van der Waals surface area contributed by atoms with E-state index in [0.717, 1.165) is 5.56 Å². The van der Waals surface area contributed by atoms with Gasteiger partial charge in [-0.3, -0.25) is 4.79 Å². The summed E-state index contributed by atoms with van der Waals surface area (Å²) in [7, 11) is -0.113. The lowest BCUT2D eigenvalue weighted by molar-refractivity contribution is -0.126. The third kappa shape index (κ3) is 5.13. The van der Waals surface area contributed by atoms with E-state index in [1.54, 1.807) is 21.1 Å². The van der Waals surface area contributed by atoms with Crippen LogP contribution < -0.4 is 14.8 Å². The summed E-state index contributed by atoms with van der Waals surface area (Å²) in [6.07, 6.45) is 2.11. The highest BCUT2D eigenvalue weighted by Crippen LogP contribution is 2.31. The number of carbonyl (C=O) groups is 1. The molecule has 27 heavy (non-hydrogen) atoms. The number of amides is 1. The van der Waals surface area contributed by atoms with Crippen molar-refractivity contribution in [1.29, 1.82) is 0 Å². The second-order valence-electron chi connectivity index (χ2n) is 6.68. The van der Waals surface area contributed by atoms with Crippen LogP contribution in [0.4, 0.5) is 0 Å². The topological polar surface area (TPSA) is 84.9 Å². The summed E-state index contributed by atoms with van der Waals surface area (Å²) >= 11 is 0. The number of methoxy groups -OCH3 is 2. The average Bonchev–Trinajstić information content (AvgIpc) is 2.71. The fraction of sp³-hybridized carbons (Fsp3) is 0.632. The number of carbonyl (C=O) groups excluding carboxylic acids is 1. The first-order chi connectivity index (χ1) is 12.9. The number of piperidine rings is 1. The van der Waals surface area contributed by atoms with Crippen molar-refractivity contribution in [3.05, 3.63) is 23.8 Å². The van der Waals surface area contributed by atoms with Crippen LogP contribution >= 0.6 is 0 Å². The van der Waals surface area contributed by atoms with Crippen LogP contribution in [0.2, 0.25) is 0 Å². The highest BCUT2D eigenvalue weighted by atomic mass is 32.2. The lowest BCUT2D eigenvalue weighted by atomic mass is 9.97. The number of nitrogens with zero attached hydrogens (tertiary/aromatic N) is 1. The Morgan fingerprint density at radius 1 is 1.26 bits per heavy atom. The molecule has 0 unspecified atom stereocenters. The zero-order valence-electron chi connectivity index (χ0n) is 16.5. The number of hydrogen-bond acceptors (Lipinski definition) is 5. The Bertz CT molecular complexity index is 750. The van der Waals surface area contributed by atoms with Crippen LogP contribution in [0.15, 0.2) is 18.2 Å². The van der Waals surface area contributed by atoms with Gasteiger partial charge in [0, 0.05) is 13.1 Å². The van der Waals surface area contributed by atoms with Crippen LogP contribution in [-0.4, -0.2) is 51.7 Å². The smallest absolute Gasteiger partial charge is 0.224 e. The number of rotatable bonds is 8. The van der Waals surface area contributed by atoms with Crippen LogP contribution in [0.5, 0.6) is 11.5 Å². The molecule has 152 valence electrons. The van der Waals surface area contributed by atoms with Gasteiger partial charge in [0.25, 0.3) is 0 Å². The van der Waals surface area contributed by atoms with Crippen molar-refractivity contribution in [3.8, 4) is 11.5 Å². The Morgan fingerprint density at radius 2 is 1.96 bits per heavy atom. The third-order valence-electron chi connectivity index (χ3n) is 5.05. The Morgan fingerprint density at radius 3 is 2.56 bits per heavy atom. The molecule has 0 aliphatic carbocycles. The maximum Gasteiger partial charge on any atom is 0.224 e. The molecule has 0 saturated carbocycles. The van der Waals surface area contributed by atoms with Gasteiger partial charge in [0.2, 0.25) is 15.9 Å². The second-order valence-corrected chi connectivity index (χ2v) is 8.94. The lowest BCUT2D eigenvalue weighted by Gasteiger charge is -2.32. The Kier molecular flexibility index (Phi) is 7.49. The SMILES string of the molecule is CC[C@@H](NC(=O)[C@@H]1CCCN(S(=O)(=O)CC)C1)c1ccc(OC)c(OC)c1. The zero-order valence-corrected chi connectivity index (χ0v) is 17.3. The predicted molar refractivity (Wildman–Crippen MR) is 104 cm³/mol. The first-order valence-corrected chi connectivity index (χ1v) is 11.0. The minimum Gasteiger partial charge on any atom is -0.493 e. The van der Waals surface area contributed by atoms with Crippen molar-refractivity contribution in [2.45, 2.75) is 39.2 Å². The Labute approximate surface area is 162 Å². The number of hydrogen-bond donors (Lipinski definition) is 1. The van der Waals surface area contributed by atoms with Gasteiger partial charge < -0.3 is 14.8 Å². The molecule has 1 aliphatic heterocycles.